The minimum Gasteiger partial charge on any atom is -0.872 e. The predicted octanol–water partition coefficient (Wildman–Crippen LogP) is 1.99. The number of fused-ring (bicyclic) bond motifs is 1. The van der Waals surface area contributed by atoms with Crippen molar-refractivity contribution >= 4 is 16.7 Å². The van der Waals surface area contributed by atoms with Crippen LogP contribution in [0.5, 0.6) is 5.75 Å². The summed E-state index contributed by atoms with van der Waals surface area (Å²) < 4.78 is 0. The van der Waals surface area contributed by atoms with Crippen molar-refractivity contribution in [2.75, 3.05) is 0 Å². The number of carbonyl (C=O) groups is 1. The molecule has 0 aliphatic heterocycles. The fourth-order valence-corrected chi connectivity index (χ4v) is 1.39. The van der Waals surface area contributed by atoms with Crippen molar-refractivity contribution in [1.82, 2.24) is 6.15 Å². The van der Waals surface area contributed by atoms with Crippen LogP contribution in [0.15, 0.2) is 36.4 Å². The van der Waals surface area contributed by atoms with Crippen molar-refractivity contribution in [2.24, 2.45) is 0 Å². The van der Waals surface area contributed by atoms with E-state index in [4.69, 9.17) is 5.11 Å². The fourth-order valence-electron chi connectivity index (χ4n) is 1.39. The monoisotopic (exact) mass is 205 g/mol. The van der Waals surface area contributed by atoms with Gasteiger partial charge in [-0.3, -0.25) is 0 Å². The second kappa shape index (κ2) is 3.98. The Morgan fingerprint density at radius 2 is 1.67 bits per heavy atom. The summed E-state index contributed by atoms with van der Waals surface area (Å²) in [6, 6.07) is 9.92. The normalized spacial score (nSPS) is 9.60. The van der Waals surface area contributed by atoms with Gasteiger partial charge in [-0.1, -0.05) is 36.1 Å². The van der Waals surface area contributed by atoms with Crippen LogP contribution in [-0.2, 0) is 0 Å². The van der Waals surface area contributed by atoms with Gasteiger partial charge in [0.15, 0.2) is 0 Å². The molecule has 0 amide bonds. The number of hydrogen-bond donors (Lipinski definition) is 2. The largest absolute Gasteiger partial charge is 0.872 e. The van der Waals surface area contributed by atoms with Crippen molar-refractivity contribution in [3.05, 3.63) is 42.0 Å². The molecule has 0 aromatic heterocycles. The van der Waals surface area contributed by atoms with Crippen LogP contribution in [0.4, 0.5) is 0 Å². The molecule has 15 heavy (non-hydrogen) atoms. The first-order valence-electron chi connectivity index (χ1n) is 4.11. The SMILES string of the molecule is O=C(O)c1cc2ccccc2cc1[O-].[NH4+]. The number of quaternary nitrogens is 1. The van der Waals surface area contributed by atoms with Crippen LogP contribution in [0.3, 0.4) is 0 Å². The molecule has 0 spiro atoms. The molecular weight excluding hydrogens is 194 g/mol. The Labute approximate surface area is 86.4 Å². The molecule has 0 fully saturated rings. The van der Waals surface area contributed by atoms with Crippen LogP contribution >= 0.6 is 0 Å². The highest BCUT2D eigenvalue weighted by atomic mass is 16.4. The number of carboxylic acid groups (broad SMARTS) is 1. The highest BCUT2D eigenvalue weighted by Gasteiger charge is 2.04. The quantitative estimate of drug-likeness (QED) is 0.744. The summed E-state index contributed by atoms with van der Waals surface area (Å²) in [4.78, 5) is 10.7. The molecule has 4 nitrogen and oxygen atoms in total. The molecule has 5 N–H and O–H groups in total. The number of benzene rings is 2. The molecule has 4 heteroatoms. The van der Waals surface area contributed by atoms with Crippen molar-refractivity contribution in [1.29, 1.82) is 0 Å². The predicted molar refractivity (Wildman–Crippen MR) is 56.3 cm³/mol. The summed E-state index contributed by atoms with van der Waals surface area (Å²) in [6.07, 6.45) is 0. The molecule has 0 saturated heterocycles. The Bertz CT molecular complexity index is 508. The minimum absolute atomic E-state index is 0. The Balaban J connectivity index is 0.00000112. The summed E-state index contributed by atoms with van der Waals surface area (Å²) in [5.74, 6) is -1.63. The van der Waals surface area contributed by atoms with E-state index in [-0.39, 0.29) is 11.7 Å². The van der Waals surface area contributed by atoms with E-state index in [0.29, 0.717) is 0 Å². The summed E-state index contributed by atoms with van der Waals surface area (Å²) in [6.45, 7) is 0. The van der Waals surface area contributed by atoms with E-state index >= 15 is 0 Å². The maximum absolute atomic E-state index is 11.3. The van der Waals surface area contributed by atoms with E-state index in [9.17, 15) is 9.90 Å². The van der Waals surface area contributed by atoms with Crippen LogP contribution < -0.4 is 11.3 Å². The van der Waals surface area contributed by atoms with Crippen LogP contribution in [0.2, 0.25) is 0 Å². The smallest absolute Gasteiger partial charge is 0.335 e. The lowest BCUT2D eigenvalue weighted by atomic mass is 10.1. The van der Waals surface area contributed by atoms with E-state index in [1.165, 1.54) is 12.1 Å². The number of rotatable bonds is 1. The van der Waals surface area contributed by atoms with Gasteiger partial charge >= 0.3 is 5.97 Å². The van der Waals surface area contributed by atoms with E-state index in [2.05, 4.69) is 0 Å². The van der Waals surface area contributed by atoms with E-state index in [1.807, 2.05) is 6.07 Å². The van der Waals surface area contributed by atoms with Crippen molar-refractivity contribution < 1.29 is 15.0 Å². The van der Waals surface area contributed by atoms with Crippen molar-refractivity contribution in [3.63, 3.8) is 0 Å². The van der Waals surface area contributed by atoms with E-state index < -0.39 is 11.7 Å². The average molecular weight is 205 g/mol. The molecule has 0 aliphatic carbocycles. The molecule has 0 bridgehead atoms. The van der Waals surface area contributed by atoms with Crippen molar-refractivity contribution in [3.8, 4) is 5.75 Å². The summed E-state index contributed by atoms with van der Waals surface area (Å²) >= 11 is 0. The molecule has 0 radical (unpaired) electrons. The van der Waals surface area contributed by atoms with E-state index in [1.54, 1.807) is 18.2 Å². The molecule has 0 aliphatic rings. The van der Waals surface area contributed by atoms with Crippen molar-refractivity contribution in [2.45, 2.75) is 0 Å². The Morgan fingerprint density at radius 1 is 1.13 bits per heavy atom. The first kappa shape index (κ1) is 11.0. The molecule has 78 valence electrons. The second-order valence-electron chi connectivity index (χ2n) is 3.00. The lowest BCUT2D eigenvalue weighted by molar-refractivity contribution is -0.268. The second-order valence-corrected chi connectivity index (χ2v) is 3.00. The summed E-state index contributed by atoms with van der Waals surface area (Å²) in [5, 5.41) is 21.6. The maximum Gasteiger partial charge on any atom is 0.335 e. The lowest BCUT2D eigenvalue weighted by Crippen LogP contribution is -2.03. The summed E-state index contributed by atoms with van der Waals surface area (Å²) in [5.41, 5.74) is -0.177. The zero-order valence-electron chi connectivity index (χ0n) is 8.23. The number of carboxylic acids is 1. The van der Waals surface area contributed by atoms with Gasteiger partial charge in [-0.15, -0.1) is 0 Å². The zero-order valence-corrected chi connectivity index (χ0v) is 8.23. The van der Waals surface area contributed by atoms with Gasteiger partial charge < -0.3 is 16.4 Å². The van der Waals surface area contributed by atoms with Gasteiger partial charge in [-0.2, -0.15) is 0 Å². The molecule has 2 aromatic carbocycles. The van der Waals surface area contributed by atoms with Gasteiger partial charge in [-0.05, 0) is 16.8 Å². The molecule has 0 saturated carbocycles. The molecule has 2 aromatic rings. The highest BCUT2D eigenvalue weighted by Crippen LogP contribution is 2.22. The number of aromatic carboxylic acids is 1. The Hall–Kier alpha value is -2.07. The molecule has 0 atom stereocenters. The average Bonchev–Trinajstić information content (AvgIpc) is 2.16. The van der Waals surface area contributed by atoms with Gasteiger partial charge in [0, 0.05) is 0 Å². The third kappa shape index (κ3) is 1.89. The zero-order chi connectivity index (χ0) is 10.1. The van der Waals surface area contributed by atoms with Crippen LogP contribution in [0, 0.1) is 0 Å². The summed E-state index contributed by atoms with van der Waals surface area (Å²) in [7, 11) is 0. The number of hydrogen-bond acceptors (Lipinski definition) is 2. The third-order valence-electron chi connectivity index (χ3n) is 2.08. The van der Waals surface area contributed by atoms with Gasteiger partial charge in [-0.25, -0.2) is 4.79 Å². The molecule has 0 unspecified atom stereocenters. The highest BCUT2D eigenvalue weighted by molar-refractivity contribution is 5.97. The molecule has 0 heterocycles. The van der Waals surface area contributed by atoms with Gasteiger partial charge in [0.25, 0.3) is 0 Å². The fraction of sp³-hybridized carbons (Fsp3) is 0. The topological polar surface area (TPSA) is 96.9 Å². The first-order chi connectivity index (χ1) is 6.68. The van der Waals surface area contributed by atoms with Crippen LogP contribution in [-0.4, -0.2) is 11.1 Å². The van der Waals surface area contributed by atoms with Crippen LogP contribution in [0.1, 0.15) is 10.4 Å². The molecule has 2 rings (SSSR count). The minimum atomic E-state index is -1.18. The standard InChI is InChI=1S/C11H8O3.H3N/c12-10-6-8-4-2-1-3-7(8)5-9(10)11(13)14;/h1-6,12H,(H,13,14);1H3. The lowest BCUT2D eigenvalue weighted by Gasteiger charge is -2.11. The maximum atomic E-state index is 11.3. The third-order valence-corrected chi connectivity index (χ3v) is 2.08. The Kier molecular flexibility index (Phi) is 2.92. The van der Waals surface area contributed by atoms with Gasteiger partial charge in [0.05, 0.1) is 5.56 Å². The molecular formula is C11H11NO3. The first-order valence-corrected chi connectivity index (χ1v) is 4.11. The van der Waals surface area contributed by atoms with Gasteiger partial charge in [0.1, 0.15) is 0 Å². The van der Waals surface area contributed by atoms with E-state index in [0.717, 1.165) is 10.8 Å². The van der Waals surface area contributed by atoms with Gasteiger partial charge in [0.2, 0.25) is 0 Å². The van der Waals surface area contributed by atoms with Crippen LogP contribution in [0.25, 0.3) is 10.8 Å². The Morgan fingerprint density at radius 3 is 2.20 bits per heavy atom.